The van der Waals surface area contributed by atoms with E-state index < -0.39 is 11.7 Å². The fourth-order valence-electron chi connectivity index (χ4n) is 5.98. The van der Waals surface area contributed by atoms with Gasteiger partial charge in [-0.3, -0.25) is 14.7 Å². The lowest BCUT2D eigenvalue weighted by Crippen LogP contribution is -2.54. The van der Waals surface area contributed by atoms with Crippen molar-refractivity contribution < 1.29 is 14.3 Å². The van der Waals surface area contributed by atoms with Gasteiger partial charge in [-0.15, -0.1) is 0 Å². The van der Waals surface area contributed by atoms with Gasteiger partial charge in [0.2, 0.25) is 0 Å². The van der Waals surface area contributed by atoms with Crippen LogP contribution in [0.25, 0.3) is 0 Å². The number of likely N-dealkylation sites (N-methyl/N-ethyl adjacent to an activating group) is 1. The number of carbonyl (C=O) groups is 1. The Morgan fingerprint density at radius 1 is 1.11 bits per heavy atom. The lowest BCUT2D eigenvalue weighted by Gasteiger charge is -2.44. The maximum Gasteiger partial charge on any atom is 0.253 e. The zero-order valence-corrected chi connectivity index (χ0v) is 22.3. The molecule has 200 valence electrons. The van der Waals surface area contributed by atoms with E-state index in [4.69, 9.17) is 9.47 Å². The molecule has 8 heteroatoms. The molecular formula is C29H41N5O3. The minimum absolute atomic E-state index is 0.0303. The number of piperidine rings is 1. The molecule has 2 fully saturated rings. The zero-order chi connectivity index (χ0) is 25.7. The predicted octanol–water partition coefficient (Wildman–Crippen LogP) is 2.61. The van der Waals surface area contributed by atoms with E-state index in [1.54, 1.807) is 13.3 Å². The number of nitrogens with zero attached hydrogens (tertiary/aromatic N) is 4. The van der Waals surface area contributed by atoms with Crippen molar-refractivity contribution in [3.8, 4) is 0 Å². The van der Waals surface area contributed by atoms with E-state index in [9.17, 15) is 4.79 Å². The third kappa shape index (κ3) is 5.98. The van der Waals surface area contributed by atoms with Gasteiger partial charge in [0.05, 0.1) is 18.2 Å². The van der Waals surface area contributed by atoms with E-state index in [2.05, 4.69) is 51.4 Å². The smallest absolute Gasteiger partial charge is 0.253 e. The van der Waals surface area contributed by atoms with Crippen LogP contribution in [0.15, 0.2) is 48.8 Å². The summed E-state index contributed by atoms with van der Waals surface area (Å²) in [6, 6.07) is 12.4. The molecule has 1 N–H and O–H groups in total. The molecule has 3 aliphatic heterocycles. The van der Waals surface area contributed by atoms with Crippen LogP contribution in [-0.4, -0.2) is 104 Å². The quantitative estimate of drug-likeness (QED) is 0.589. The highest BCUT2D eigenvalue weighted by atomic mass is 16.5. The molecular weight excluding hydrogens is 466 g/mol. The molecule has 2 aromatic rings. The second kappa shape index (κ2) is 11.9. The number of amides is 1. The SMILES string of the molecule is COC(C(=O)N1CCC(OCCN2CCN(C)CC2)(c2cccnc2)CC1)C1CCc2ccccc2N1. The van der Waals surface area contributed by atoms with E-state index in [0.29, 0.717) is 19.7 Å². The number of nitrogens with one attached hydrogen (secondary N) is 1. The second-order valence-electron chi connectivity index (χ2n) is 10.7. The Bertz CT molecular complexity index is 1020. The third-order valence-electron chi connectivity index (χ3n) is 8.40. The number of piperazine rings is 1. The van der Waals surface area contributed by atoms with Crippen molar-refractivity contribution in [1.82, 2.24) is 19.7 Å². The summed E-state index contributed by atoms with van der Waals surface area (Å²) in [4.78, 5) is 24.8. The van der Waals surface area contributed by atoms with Crippen LogP contribution in [0.3, 0.4) is 0 Å². The molecule has 2 atom stereocenters. The molecule has 2 saturated heterocycles. The summed E-state index contributed by atoms with van der Waals surface area (Å²) in [5.74, 6) is 0.0663. The molecule has 1 aromatic carbocycles. The van der Waals surface area contributed by atoms with Crippen LogP contribution >= 0.6 is 0 Å². The van der Waals surface area contributed by atoms with Gasteiger partial charge in [-0.2, -0.15) is 0 Å². The average molecular weight is 508 g/mol. The zero-order valence-electron chi connectivity index (χ0n) is 22.3. The number of carbonyl (C=O) groups excluding carboxylic acids is 1. The summed E-state index contributed by atoms with van der Waals surface area (Å²) in [5, 5.41) is 3.56. The van der Waals surface area contributed by atoms with Crippen molar-refractivity contribution in [2.75, 3.05) is 71.9 Å². The van der Waals surface area contributed by atoms with Crippen molar-refractivity contribution >= 4 is 11.6 Å². The number of anilines is 1. The van der Waals surface area contributed by atoms with Crippen LogP contribution in [-0.2, 0) is 26.3 Å². The number of pyridine rings is 1. The van der Waals surface area contributed by atoms with Crippen molar-refractivity contribution in [2.45, 2.75) is 43.4 Å². The number of aromatic nitrogens is 1. The van der Waals surface area contributed by atoms with Crippen molar-refractivity contribution in [2.24, 2.45) is 0 Å². The number of para-hydroxylation sites is 1. The molecule has 0 aliphatic carbocycles. The number of ether oxygens (including phenoxy) is 2. The molecule has 2 unspecified atom stereocenters. The number of methoxy groups -OCH3 is 1. The van der Waals surface area contributed by atoms with Crippen LogP contribution in [0.4, 0.5) is 5.69 Å². The van der Waals surface area contributed by atoms with E-state index >= 15 is 0 Å². The first-order valence-electron chi connectivity index (χ1n) is 13.7. The topological polar surface area (TPSA) is 70.2 Å². The molecule has 1 aromatic heterocycles. The summed E-state index contributed by atoms with van der Waals surface area (Å²) >= 11 is 0. The predicted molar refractivity (Wildman–Crippen MR) is 145 cm³/mol. The highest BCUT2D eigenvalue weighted by molar-refractivity contribution is 5.82. The van der Waals surface area contributed by atoms with Crippen molar-refractivity contribution in [1.29, 1.82) is 0 Å². The standard InChI is InChI=1S/C29H41N5O3/c1-32-16-18-33(19-17-32)20-21-37-29(24-7-5-13-30-22-24)11-14-34(15-12-29)28(35)27(36-2)26-10-9-23-6-3-4-8-25(23)31-26/h3-8,13,22,26-27,31H,9-12,14-21H2,1-2H3. The summed E-state index contributed by atoms with van der Waals surface area (Å²) in [5.41, 5.74) is 3.10. The average Bonchev–Trinajstić information content (AvgIpc) is 2.95. The molecule has 0 spiro atoms. The molecule has 0 saturated carbocycles. The Kier molecular flexibility index (Phi) is 8.39. The highest BCUT2D eigenvalue weighted by Crippen LogP contribution is 2.37. The largest absolute Gasteiger partial charge is 0.379 e. The van der Waals surface area contributed by atoms with E-state index in [-0.39, 0.29) is 11.9 Å². The van der Waals surface area contributed by atoms with Crippen molar-refractivity contribution in [3.63, 3.8) is 0 Å². The van der Waals surface area contributed by atoms with Crippen LogP contribution in [0.1, 0.15) is 30.4 Å². The van der Waals surface area contributed by atoms with Crippen LogP contribution in [0.5, 0.6) is 0 Å². The number of hydrogen-bond donors (Lipinski definition) is 1. The van der Waals surface area contributed by atoms with Gasteiger partial charge < -0.3 is 24.6 Å². The molecule has 3 aliphatic rings. The highest BCUT2D eigenvalue weighted by Gasteiger charge is 2.41. The minimum Gasteiger partial charge on any atom is -0.379 e. The van der Waals surface area contributed by atoms with Gasteiger partial charge in [-0.25, -0.2) is 0 Å². The molecule has 37 heavy (non-hydrogen) atoms. The molecule has 5 rings (SSSR count). The lowest BCUT2D eigenvalue weighted by molar-refractivity contribution is -0.151. The molecule has 0 radical (unpaired) electrons. The number of likely N-dealkylation sites (tertiary alicyclic amines) is 1. The fraction of sp³-hybridized carbons (Fsp3) is 0.586. The number of aryl methyl sites for hydroxylation is 1. The first-order valence-corrected chi connectivity index (χ1v) is 13.7. The number of rotatable bonds is 8. The Balaban J connectivity index is 1.21. The van der Waals surface area contributed by atoms with Gasteiger partial charge >= 0.3 is 0 Å². The Hall–Kier alpha value is -2.52. The van der Waals surface area contributed by atoms with Crippen LogP contribution in [0.2, 0.25) is 0 Å². The lowest BCUT2D eigenvalue weighted by atomic mass is 9.84. The molecule has 1 amide bonds. The van der Waals surface area contributed by atoms with Gasteiger partial charge in [-0.1, -0.05) is 24.3 Å². The first-order chi connectivity index (χ1) is 18.1. The number of benzene rings is 1. The molecule has 4 heterocycles. The first kappa shape index (κ1) is 26.1. The summed E-state index contributed by atoms with van der Waals surface area (Å²) in [6.45, 7) is 7.27. The van der Waals surface area contributed by atoms with Crippen molar-refractivity contribution in [3.05, 3.63) is 59.9 Å². The maximum absolute atomic E-state index is 13.6. The molecule has 0 bridgehead atoms. The summed E-state index contributed by atoms with van der Waals surface area (Å²) in [7, 11) is 3.83. The Morgan fingerprint density at radius 3 is 2.62 bits per heavy atom. The summed E-state index contributed by atoms with van der Waals surface area (Å²) in [6.07, 6.45) is 6.57. The van der Waals surface area contributed by atoms with E-state index in [1.807, 2.05) is 23.2 Å². The van der Waals surface area contributed by atoms with Gasteiger partial charge in [-0.05, 0) is 50.4 Å². The van der Waals surface area contributed by atoms with Gasteiger partial charge in [0.15, 0.2) is 6.10 Å². The van der Waals surface area contributed by atoms with Crippen LogP contribution < -0.4 is 5.32 Å². The monoisotopic (exact) mass is 507 g/mol. The maximum atomic E-state index is 13.6. The summed E-state index contributed by atoms with van der Waals surface area (Å²) < 4.78 is 12.5. The Labute approximate surface area is 220 Å². The number of fused-ring (bicyclic) bond motifs is 1. The second-order valence-corrected chi connectivity index (χ2v) is 10.7. The fourth-order valence-corrected chi connectivity index (χ4v) is 5.98. The van der Waals surface area contributed by atoms with Gasteiger partial charge in [0, 0.05) is 76.6 Å². The van der Waals surface area contributed by atoms with Gasteiger partial charge in [0.1, 0.15) is 0 Å². The van der Waals surface area contributed by atoms with Crippen LogP contribution in [0, 0.1) is 0 Å². The third-order valence-corrected chi connectivity index (χ3v) is 8.40. The normalized spacial score (nSPS) is 23.2. The van der Waals surface area contributed by atoms with E-state index in [1.165, 1.54) is 5.56 Å². The van der Waals surface area contributed by atoms with Gasteiger partial charge in [0.25, 0.3) is 5.91 Å². The Morgan fingerprint density at radius 2 is 1.89 bits per heavy atom. The molecule has 8 nitrogen and oxygen atoms in total. The van der Waals surface area contributed by atoms with E-state index in [0.717, 1.165) is 69.7 Å². The number of hydrogen-bond acceptors (Lipinski definition) is 7. The minimum atomic E-state index is -0.502.